The summed E-state index contributed by atoms with van der Waals surface area (Å²) >= 11 is 0. The lowest BCUT2D eigenvalue weighted by atomic mass is 9.65. The van der Waals surface area contributed by atoms with Crippen molar-refractivity contribution in [1.29, 1.82) is 0 Å². The van der Waals surface area contributed by atoms with Crippen LogP contribution in [0.15, 0.2) is 194 Å². The highest BCUT2D eigenvalue weighted by atomic mass is 14.9. The van der Waals surface area contributed by atoms with Crippen molar-refractivity contribution in [2.24, 2.45) is 0 Å². The molecule has 1 heterocycles. The first-order chi connectivity index (χ1) is 26.3. The van der Waals surface area contributed by atoms with E-state index < -0.39 is 5.41 Å². The fourth-order valence-corrected chi connectivity index (χ4v) is 9.00. The first-order valence-corrected chi connectivity index (χ1v) is 18.2. The van der Waals surface area contributed by atoms with Gasteiger partial charge < -0.3 is 0 Å². The highest BCUT2D eigenvalue weighted by Crippen LogP contribution is 2.62. The standard InChI is InChI=1S/C51H32N2/c1-3-15-33(16-4-1)48-32-49(53-50(52-48)34-17-5-2-6-18-34)37-27-28-42-39-22-10-9-21-38(39)40-23-11-13-25-44(40)51(46(42)31-37)45-26-14-12-24-41(45)43-29-35-19-7-8-20-36(35)30-47(43)51/h1-32H. The zero-order valence-corrected chi connectivity index (χ0v) is 28.9. The number of benzene rings is 8. The van der Waals surface area contributed by atoms with Crippen molar-refractivity contribution in [1.82, 2.24) is 9.97 Å². The maximum atomic E-state index is 5.29. The second-order valence-corrected chi connectivity index (χ2v) is 14.1. The van der Waals surface area contributed by atoms with Crippen molar-refractivity contribution in [3.63, 3.8) is 0 Å². The molecular weight excluding hydrogens is 641 g/mol. The zero-order valence-electron chi connectivity index (χ0n) is 28.9. The summed E-state index contributed by atoms with van der Waals surface area (Å²) in [5, 5.41) is 2.49. The zero-order chi connectivity index (χ0) is 34.9. The summed E-state index contributed by atoms with van der Waals surface area (Å²) in [6.45, 7) is 0. The number of hydrogen-bond acceptors (Lipinski definition) is 2. The molecule has 1 unspecified atom stereocenters. The Balaban J connectivity index is 1.27. The first kappa shape index (κ1) is 29.8. The average Bonchev–Trinajstić information content (AvgIpc) is 3.46. The number of nitrogens with zero attached hydrogens (tertiary/aromatic N) is 2. The van der Waals surface area contributed by atoms with E-state index in [1.165, 1.54) is 66.4 Å². The second kappa shape index (κ2) is 11.6. The third-order valence-electron chi connectivity index (χ3n) is 11.3. The van der Waals surface area contributed by atoms with Crippen LogP contribution < -0.4 is 0 Å². The lowest BCUT2D eigenvalue weighted by Gasteiger charge is -2.35. The molecule has 2 aliphatic rings. The largest absolute Gasteiger partial charge is 0.228 e. The molecule has 1 aromatic heterocycles. The minimum absolute atomic E-state index is 0.589. The molecule has 11 rings (SSSR count). The van der Waals surface area contributed by atoms with Gasteiger partial charge in [0.05, 0.1) is 16.8 Å². The van der Waals surface area contributed by atoms with Crippen LogP contribution >= 0.6 is 0 Å². The van der Waals surface area contributed by atoms with Crippen LogP contribution in [0.1, 0.15) is 22.3 Å². The van der Waals surface area contributed by atoms with Crippen LogP contribution in [0, 0.1) is 0 Å². The molecule has 0 saturated heterocycles. The lowest BCUT2D eigenvalue weighted by Crippen LogP contribution is -2.29. The third kappa shape index (κ3) is 4.39. The van der Waals surface area contributed by atoms with Gasteiger partial charge in [0, 0.05) is 16.7 Å². The van der Waals surface area contributed by atoms with Gasteiger partial charge in [-0.3, -0.25) is 0 Å². The monoisotopic (exact) mass is 672 g/mol. The van der Waals surface area contributed by atoms with Crippen LogP contribution in [-0.2, 0) is 5.41 Å². The molecule has 0 aliphatic heterocycles. The summed E-state index contributed by atoms with van der Waals surface area (Å²) in [7, 11) is 0. The average molecular weight is 673 g/mol. The fraction of sp³-hybridized carbons (Fsp3) is 0.0196. The molecule has 2 nitrogen and oxygen atoms in total. The Labute approximate surface area is 308 Å². The van der Waals surface area contributed by atoms with E-state index in [-0.39, 0.29) is 0 Å². The van der Waals surface area contributed by atoms with E-state index in [1.807, 2.05) is 24.3 Å². The number of aromatic nitrogens is 2. The van der Waals surface area contributed by atoms with Crippen LogP contribution in [0.5, 0.6) is 0 Å². The van der Waals surface area contributed by atoms with Gasteiger partial charge in [-0.15, -0.1) is 0 Å². The van der Waals surface area contributed by atoms with Crippen LogP contribution in [-0.4, -0.2) is 9.97 Å². The van der Waals surface area contributed by atoms with Gasteiger partial charge in [-0.1, -0.05) is 170 Å². The third-order valence-corrected chi connectivity index (χ3v) is 11.3. The Kier molecular flexibility index (Phi) is 6.50. The quantitative estimate of drug-likeness (QED) is 0.187. The van der Waals surface area contributed by atoms with Crippen LogP contribution in [0.2, 0.25) is 0 Å². The summed E-state index contributed by atoms with van der Waals surface area (Å²) in [5.41, 5.74) is 17.0. The van der Waals surface area contributed by atoms with E-state index >= 15 is 0 Å². The highest BCUT2D eigenvalue weighted by Gasteiger charge is 2.50. The molecule has 2 aliphatic carbocycles. The van der Waals surface area contributed by atoms with Crippen molar-refractivity contribution in [2.75, 3.05) is 0 Å². The number of hydrogen-bond donors (Lipinski definition) is 0. The van der Waals surface area contributed by atoms with Crippen molar-refractivity contribution in [3.05, 3.63) is 216 Å². The Morgan fingerprint density at radius 1 is 0.283 bits per heavy atom. The molecule has 0 saturated carbocycles. The molecule has 246 valence electrons. The SMILES string of the molecule is c1ccc(-c2cc(-c3ccc4c(c3)C3(c5ccccc5-c5ccccc5-4)c4ccccc4-c4cc5ccccc5cc43)nc(-c3ccccc3)n2)cc1. The minimum atomic E-state index is -0.589. The summed E-state index contributed by atoms with van der Waals surface area (Å²) in [5.74, 6) is 0.713. The number of fused-ring (bicyclic) bond motifs is 13. The fourth-order valence-electron chi connectivity index (χ4n) is 9.00. The van der Waals surface area contributed by atoms with Gasteiger partial charge in [-0.05, 0) is 90.7 Å². The summed E-state index contributed by atoms with van der Waals surface area (Å²) in [4.78, 5) is 10.4. The van der Waals surface area contributed by atoms with Crippen molar-refractivity contribution < 1.29 is 0 Å². The van der Waals surface area contributed by atoms with Crippen molar-refractivity contribution in [3.8, 4) is 67.3 Å². The summed E-state index contributed by atoms with van der Waals surface area (Å²) in [6, 6.07) is 70.6. The van der Waals surface area contributed by atoms with Gasteiger partial charge in [0.2, 0.25) is 0 Å². The highest BCUT2D eigenvalue weighted by molar-refractivity contribution is 6.01. The molecule has 2 heteroatoms. The Morgan fingerprint density at radius 2 is 0.755 bits per heavy atom. The molecule has 8 aromatic carbocycles. The van der Waals surface area contributed by atoms with Crippen LogP contribution in [0.25, 0.3) is 78.1 Å². The molecule has 1 spiro atoms. The van der Waals surface area contributed by atoms with Crippen LogP contribution in [0.4, 0.5) is 0 Å². The van der Waals surface area contributed by atoms with Gasteiger partial charge in [0.15, 0.2) is 5.82 Å². The van der Waals surface area contributed by atoms with Crippen molar-refractivity contribution in [2.45, 2.75) is 5.41 Å². The molecular formula is C51H32N2. The maximum Gasteiger partial charge on any atom is 0.160 e. The smallest absolute Gasteiger partial charge is 0.160 e. The van der Waals surface area contributed by atoms with E-state index in [0.717, 1.165) is 28.1 Å². The molecule has 9 aromatic rings. The van der Waals surface area contributed by atoms with Gasteiger partial charge in [0.25, 0.3) is 0 Å². The Morgan fingerprint density at radius 3 is 1.42 bits per heavy atom. The maximum absolute atomic E-state index is 5.29. The number of rotatable bonds is 3. The lowest BCUT2D eigenvalue weighted by molar-refractivity contribution is 0.777. The molecule has 0 fully saturated rings. The van der Waals surface area contributed by atoms with Gasteiger partial charge >= 0.3 is 0 Å². The molecule has 53 heavy (non-hydrogen) atoms. The van der Waals surface area contributed by atoms with E-state index in [4.69, 9.17) is 9.97 Å². The van der Waals surface area contributed by atoms with Gasteiger partial charge in [0.1, 0.15) is 0 Å². The van der Waals surface area contributed by atoms with E-state index in [9.17, 15) is 0 Å². The van der Waals surface area contributed by atoms with Crippen LogP contribution in [0.3, 0.4) is 0 Å². The van der Waals surface area contributed by atoms with E-state index in [0.29, 0.717) is 5.82 Å². The predicted octanol–water partition coefficient (Wildman–Crippen LogP) is 12.6. The normalized spacial score (nSPS) is 14.9. The summed E-state index contributed by atoms with van der Waals surface area (Å²) < 4.78 is 0. The minimum Gasteiger partial charge on any atom is -0.228 e. The van der Waals surface area contributed by atoms with E-state index in [1.54, 1.807) is 0 Å². The molecule has 0 bridgehead atoms. The second-order valence-electron chi connectivity index (χ2n) is 14.1. The predicted molar refractivity (Wildman–Crippen MR) is 218 cm³/mol. The first-order valence-electron chi connectivity index (χ1n) is 18.2. The van der Waals surface area contributed by atoms with Crippen molar-refractivity contribution >= 4 is 10.8 Å². The Hall–Kier alpha value is -6.90. The molecule has 0 radical (unpaired) electrons. The van der Waals surface area contributed by atoms with Gasteiger partial charge in [-0.2, -0.15) is 0 Å². The van der Waals surface area contributed by atoms with E-state index in [2.05, 4.69) is 170 Å². The Bertz CT molecular complexity index is 2830. The summed E-state index contributed by atoms with van der Waals surface area (Å²) in [6.07, 6.45) is 0. The molecule has 0 N–H and O–H groups in total. The molecule has 0 amide bonds. The molecule has 1 atom stereocenters. The van der Waals surface area contributed by atoms with Gasteiger partial charge in [-0.25, -0.2) is 9.97 Å². The topological polar surface area (TPSA) is 25.8 Å².